The van der Waals surface area contributed by atoms with Crippen LogP contribution in [0.15, 0.2) is 28.8 Å². The van der Waals surface area contributed by atoms with E-state index in [2.05, 4.69) is 10.5 Å². The Morgan fingerprint density at radius 3 is 2.60 bits per heavy atom. The van der Waals surface area contributed by atoms with E-state index < -0.39 is 11.7 Å². The van der Waals surface area contributed by atoms with Gasteiger partial charge in [0.15, 0.2) is 0 Å². The van der Waals surface area contributed by atoms with Crippen LogP contribution >= 0.6 is 0 Å². The van der Waals surface area contributed by atoms with Gasteiger partial charge in [-0.1, -0.05) is 37.6 Å². The molecule has 1 aromatic carbocycles. The van der Waals surface area contributed by atoms with Crippen LogP contribution in [0.25, 0.3) is 0 Å². The van der Waals surface area contributed by atoms with Crippen molar-refractivity contribution in [2.45, 2.75) is 33.1 Å². The van der Waals surface area contributed by atoms with E-state index in [-0.39, 0.29) is 16.9 Å². The molecule has 2 rings (SSSR count). The molecular formula is C15H17FN2O2. The maximum atomic E-state index is 13.6. The fraction of sp³-hybridized carbons (Fsp3) is 0.333. The molecule has 0 aliphatic heterocycles. The minimum Gasteiger partial charge on any atom is -0.338 e. The van der Waals surface area contributed by atoms with Gasteiger partial charge in [0.25, 0.3) is 5.91 Å². The average molecular weight is 276 g/mol. The predicted molar refractivity (Wildman–Crippen MR) is 74.3 cm³/mol. The molecule has 0 radical (unpaired) electrons. The monoisotopic (exact) mass is 276 g/mol. The zero-order chi connectivity index (χ0) is 14.9. The molecule has 0 bridgehead atoms. The van der Waals surface area contributed by atoms with Gasteiger partial charge in [-0.05, 0) is 19.1 Å². The van der Waals surface area contributed by atoms with E-state index in [1.54, 1.807) is 19.1 Å². The third-order valence-electron chi connectivity index (χ3n) is 2.88. The van der Waals surface area contributed by atoms with Crippen molar-refractivity contribution in [1.29, 1.82) is 0 Å². The molecule has 0 aliphatic rings. The van der Waals surface area contributed by atoms with E-state index in [1.165, 1.54) is 12.1 Å². The minimum absolute atomic E-state index is 0.0151. The third-order valence-corrected chi connectivity index (χ3v) is 2.88. The molecule has 2 aromatic rings. The number of amides is 1. The summed E-state index contributed by atoms with van der Waals surface area (Å²) in [6.07, 6.45) is 0. The normalized spacial score (nSPS) is 11.4. The van der Waals surface area contributed by atoms with Gasteiger partial charge in [0.05, 0.1) is 11.3 Å². The topological polar surface area (TPSA) is 55.1 Å². The lowest BCUT2D eigenvalue weighted by atomic mass is 9.92. The van der Waals surface area contributed by atoms with Gasteiger partial charge in [-0.15, -0.1) is 0 Å². The SMILES string of the molecule is Cc1ccc(F)c(C(=O)Nc2cc(C(C)(C)C)no2)c1. The number of benzene rings is 1. The number of nitrogens with one attached hydrogen (secondary N) is 1. The quantitative estimate of drug-likeness (QED) is 0.910. The summed E-state index contributed by atoms with van der Waals surface area (Å²) in [5, 5.41) is 6.40. The highest BCUT2D eigenvalue weighted by Crippen LogP contribution is 2.24. The van der Waals surface area contributed by atoms with Crippen LogP contribution in [0.1, 0.15) is 42.4 Å². The van der Waals surface area contributed by atoms with Crippen molar-refractivity contribution < 1.29 is 13.7 Å². The number of carbonyl (C=O) groups is 1. The van der Waals surface area contributed by atoms with Gasteiger partial charge in [0.1, 0.15) is 5.82 Å². The Morgan fingerprint density at radius 2 is 2.00 bits per heavy atom. The van der Waals surface area contributed by atoms with Crippen molar-refractivity contribution >= 4 is 11.8 Å². The number of hydrogen-bond donors (Lipinski definition) is 1. The highest BCUT2D eigenvalue weighted by atomic mass is 19.1. The molecular weight excluding hydrogens is 259 g/mol. The van der Waals surface area contributed by atoms with E-state index in [0.717, 1.165) is 11.3 Å². The Balaban J connectivity index is 2.20. The lowest BCUT2D eigenvalue weighted by Crippen LogP contribution is -2.14. The Labute approximate surface area is 117 Å². The number of nitrogens with zero attached hydrogens (tertiary/aromatic N) is 1. The molecule has 5 heteroatoms. The van der Waals surface area contributed by atoms with Gasteiger partial charge < -0.3 is 4.52 Å². The van der Waals surface area contributed by atoms with Crippen LogP contribution in [-0.4, -0.2) is 11.1 Å². The van der Waals surface area contributed by atoms with Crippen LogP contribution in [0.5, 0.6) is 0 Å². The molecule has 0 unspecified atom stereocenters. The van der Waals surface area contributed by atoms with E-state index >= 15 is 0 Å². The van der Waals surface area contributed by atoms with E-state index in [4.69, 9.17) is 4.52 Å². The van der Waals surface area contributed by atoms with Crippen LogP contribution in [0.2, 0.25) is 0 Å². The standard InChI is InChI=1S/C15H17FN2O2/c1-9-5-6-11(16)10(7-9)14(19)17-13-8-12(18-20-13)15(2,3)4/h5-8H,1-4H3,(H,17,19). The zero-order valence-electron chi connectivity index (χ0n) is 12.0. The van der Waals surface area contributed by atoms with Crippen LogP contribution in [0.4, 0.5) is 10.3 Å². The first-order valence-electron chi connectivity index (χ1n) is 6.32. The minimum atomic E-state index is -0.566. The molecule has 106 valence electrons. The number of rotatable bonds is 2. The largest absolute Gasteiger partial charge is 0.338 e. The molecule has 4 nitrogen and oxygen atoms in total. The van der Waals surface area contributed by atoms with Crippen molar-refractivity contribution in [3.05, 3.63) is 46.9 Å². The second-order valence-electron chi connectivity index (χ2n) is 5.76. The van der Waals surface area contributed by atoms with Crippen molar-refractivity contribution in [1.82, 2.24) is 5.16 Å². The second kappa shape index (κ2) is 5.07. The summed E-state index contributed by atoms with van der Waals surface area (Å²) in [4.78, 5) is 12.0. The predicted octanol–water partition coefficient (Wildman–Crippen LogP) is 3.67. The lowest BCUT2D eigenvalue weighted by molar-refractivity contribution is 0.102. The van der Waals surface area contributed by atoms with Gasteiger partial charge in [0.2, 0.25) is 5.88 Å². The van der Waals surface area contributed by atoms with Gasteiger partial charge in [0, 0.05) is 11.5 Å². The summed E-state index contributed by atoms with van der Waals surface area (Å²) in [6.45, 7) is 7.74. The molecule has 1 amide bonds. The van der Waals surface area contributed by atoms with Gasteiger partial charge >= 0.3 is 0 Å². The second-order valence-corrected chi connectivity index (χ2v) is 5.76. The van der Waals surface area contributed by atoms with Crippen molar-refractivity contribution in [2.24, 2.45) is 0 Å². The lowest BCUT2D eigenvalue weighted by Gasteiger charge is -2.12. The number of carbonyl (C=O) groups excluding carboxylic acids is 1. The molecule has 0 fully saturated rings. The fourth-order valence-corrected chi connectivity index (χ4v) is 1.68. The molecule has 0 saturated heterocycles. The Hall–Kier alpha value is -2.17. The molecule has 0 aliphatic carbocycles. The van der Waals surface area contributed by atoms with Crippen LogP contribution in [0, 0.1) is 12.7 Å². The summed E-state index contributed by atoms with van der Waals surface area (Å²) in [5.74, 6) is -0.910. The maximum Gasteiger partial charge on any atom is 0.261 e. The van der Waals surface area contributed by atoms with Gasteiger partial charge in [-0.2, -0.15) is 0 Å². The van der Waals surface area contributed by atoms with Gasteiger partial charge in [-0.3, -0.25) is 10.1 Å². The van der Waals surface area contributed by atoms with E-state index in [1.807, 2.05) is 20.8 Å². The van der Waals surface area contributed by atoms with E-state index in [0.29, 0.717) is 0 Å². The first-order valence-corrected chi connectivity index (χ1v) is 6.32. The van der Waals surface area contributed by atoms with Crippen LogP contribution in [-0.2, 0) is 5.41 Å². The molecule has 0 saturated carbocycles. The molecule has 1 aromatic heterocycles. The van der Waals surface area contributed by atoms with Crippen molar-refractivity contribution in [2.75, 3.05) is 5.32 Å². The highest BCUT2D eigenvalue weighted by Gasteiger charge is 2.20. The van der Waals surface area contributed by atoms with Crippen molar-refractivity contribution in [3.8, 4) is 0 Å². The first kappa shape index (κ1) is 14.2. The number of aryl methyl sites for hydroxylation is 1. The van der Waals surface area contributed by atoms with Crippen LogP contribution < -0.4 is 5.32 Å². The molecule has 1 N–H and O–H groups in total. The molecule has 0 spiro atoms. The Kier molecular flexibility index (Phi) is 3.61. The zero-order valence-corrected chi connectivity index (χ0v) is 12.0. The maximum absolute atomic E-state index is 13.6. The summed E-state index contributed by atoms with van der Waals surface area (Å²) in [6, 6.07) is 6.01. The number of aromatic nitrogens is 1. The summed E-state index contributed by atoms with van der Waals surface area (Å²) in [5.41, 5.74) is 1.34. The molecule has 1 heterocycles. The van der Waals surface area contributed by atoms with Crippen molar-refractivity contribution in [3.63, 3.8) is 0 Å². The highest BCUT2D eigenvalue weighted by molar-refractivity contribution is 6.03. The Morgan fingerprint density at radius 1 is 1.30 bits per heavy atom. The smallest absolute Gasteiger partial charge is 0.261 e. The number of halogens is 1. The summed E-state index contributed by atoms with van der Waals surface area (Å²) >= 11 is 0. The third kappa shape index (κ3) is 3.04. The number of anilines is 1. The van der Waals surface area contributed by atoms with Gasteiger partial charge in [-0.25, -0.2) is 4.39 Å². The molecule has 0 atom stereocenters. The summed E-state index contributed by atoms with van der Waals surface area (Å²) < 4.78 is 18.7. The van der Waals surface area contributed by atoms with Crippen LogP contribution in [0.3, 0.4) is 0 Å². The fourth-order valence-electron chi connectivity index (χ4n) is 1.68. The van der Waals surface area contributed by atoms with E-state index in [9.17, 15) is 9.18 Å². The molecule has 20 heavy (non-hydrogen) atoms. The Bertz CT molecular complexity index is 642. The summed E-state index contributed by atoms with van der Waals surface area (Å²) in [7, 11) is 0. The number of hydrogen-bond acceptors (Lipinski definition) is 3. The average Bonchev–Trinajstić information content (AvgIpc) is 2.80. The first-order chi connectivity index (χ1) is 9.27.